The predicted octanol–water partition coefficient (Wildman–Crippen LogP) is 1.85. The summed E-state index contributed by atoms with van der Waals surface area (Å²) in [6, 6.07) is 17.2. The summed E-state index contributed by atoms with van der Waals surface area (Å²) < 4.78 is 24.3. The summed E-state index contributed by atoms with van der Waals surface area (Å²) in [5, 5.41) is 11.6. The van der Waals surface area contributed by atoms with Crippen LogP contribution in [0, 0.1) is 0 Å². The molecule has 0 unspecified atom stereocenters. The smallest absolute Gasteiger partial charge is 0.326 e. The largest absolute Gasteiger partial charge is 0.480 e. The van der Waals surface area contributed by atoms with Gasteiger partial charge in [0.25, 0.3) is 0 Å². The summed E-state index contributed by atoms with van der Waals surface area (Å²) in [6.07, 6.45) is 1.11. The lowest BCUT2D eigenvalue weighted by molar-refractivity contribution is -0.141. The second-order valence-corrected chi connectivity index (χ2v) is 8.51. The molecule has 0 fully saturated rings. The van der Waals surface area contributed by atoms with E-state index >= 15 is 0 Å². The number of carbonyl (C=O) groups is 2. The van der Waals surface area contributed by atoms with E-state index in [1.165, 1.54) is 0 Å². The van der Waals surface area contributed by atoms with Crippen LogP contribution in [0.4, 0.5) is 0 Å². The first-order valence-electron chi connectivity index (χ1n) is 8.66. The zero-order chi connectivity index (χ0) is 19.7. The average molecular weight is 389 g/mol. The molecule has 1 amide bonds. The van der Waals surface area contributed by atoms with Crippen LogP contribution in [0.3, 0.4) is 0 Å². The van der Waals surface area contributed by atoms with Gasteiger partial charge in [-0.15, -0.1) is 0 Å². The number of hydrogen-bond donors (Lipinski definition) is 2. The van der Waals surface area contributed by atoms with E-state index in [1.54, 1.807) is 30.3 Å². The van der Waals surface area contributed by atoms with Gasteiger partial charge < -0.3 is 10.4 Å². The lowest BCUT2D eigenvalue weighted by atomic mass is 10.1. The standard InChI is InChI=1S/C20H23NO5S/c22-19(21-18(20(23)24)14-17-10-5-2-6-11-17)15-27(25,26)13-7-12-16-8-3-1-4-9-16/h1-6,8-11,18H,7,12-15H2,(H,21,22)(H,23,24)/t18-/m1/s1. The summed E-state index contributed by atoms with van der Waals surface area (Å²) in [4.78, 5) is 23.4. The third kappa shape index (κ3) is 7.62. The van der Waals surface area contributed by atoms with Crippen LogP contribution in [0.1, 0.15) is 17.5 Å². The SMILES string of the molecule is O=C(CS(=O)(=O)CCCc1ccccc1)N[C@H](Cc1ccccc1)C(=O)O. The van der Waals surface area contributed by atoms with Crippen LogP contribution in [0.2, 0.25) is 0 Å². The number of benzene rings is 2. The van der Waals surface area contributed by atoms with Crippen molar-refractivity contribution >= 4 is 21.7 Å². The number of rotatable bonds is 10. The average Bonchev–Trinajstić information content (AvgIpc) is 2.62. The van der Waals surface area contributed by atoms with Gasteiger partial charge in [-0.25, -0.2) is 13.2 Å². The molecule has 0 bridgehead atoms. The molecule has 144 valence electrons. The third-order valence-corrected chi connectivity index (χ3v) is 5.64. The first-order valence-corrected chi connectivity index (χ1v) is 10.5. The lowest BCUT2D eigenvalue weighted by Gasteiger charge is -2.14. The Kier molecular flexibility index (Phi) is 7.55. The topological polar surface area (TPSA) is 101 Å². The number of sulfone groups is 1. The Morgan fingerprint density at radius 3 is 2.04 bits per heavy atom. The fraction of sp³-hybridized carbons (Fsp3) is 0.300. The molecule has 0 heterocycles. The minimum absolute atomic E-state index is 0.0932. The molecule has 2 N–H and O–H groups in total. The van der Waals surface area contributed by atoms with Gasteiger partial charge in [-0.2, -0.15) is 0 Å². The van der Waals surface area contributed by atoms with Crippen molar-refractivity contribution < 1.29 is 23.1 Å². The van der Waals surface area contributed by atoms with E-state index in [2.05, 4.69) is 5.32 Å². The van der Waals surface area contributed by atoms with Crippen molar-refractivity contribution in [3.63, 3.8) is 0 Å². The van der Waals surface area contributed by atoms with Crippen LogP contribution in [-0.4, -0.2) is 42.9 Å². The number of aliphatic carboxylic acids is 1. The highest BCUT2D eigenvalue weighted by molar-refractivity contribution is 7.92. The van der Waals surface area contributed by atoms with Crippen LogP contribution in [0.15, 0.2) is 60.7 Å². The van der Waals surface area contributed by atoms with Gasteiger partial charge in [-0.3, -0.25) is 4.79 Å². The summed E-state index contributed by atoms with van der Waals surface area (Å²) in [5.41, 5.74) is 1.78. The monoisotopic (exact) mass is 389 g/mol. The highest BCUT2D eigenvalue weighted by Gasteiger charge is 2.23. The zero-order valence-corrected chi connectivity index (χ0v) is 15.7. The van der Waals surface area contributed by atoms with Gasteiger partial charge in [0.05, 0.1) is 5.75 Å². The van der Waals surface area contributed by atoms with Gasteiger partial charge in [0.2, 0.25) is 5.91 Å². The number of amides is 1. The lowest BCUT2D eigenvalue weighted by Crippen LogP contribution is -2.44. The molecule has 0 aliphatic heterocycles. The fourth-order valence-electron chi connectivity index (χ4n) is 2.70. The van der Waals surface area contributed by atoms with Crippen molar-refractivity contribution in [1.29, 1.82) is 0 Å². The highest BCUT2D eigenvalue weighted by atomic mass is 32.2. The summed E-state index contributed by atoms with van der Waals surface area (Å²) in [5.74, 6) is -2.82. The Morgan fingerprint density at radius 1 is 0.926 bits per heavy atom. The Bertz CT molecular complexity index is 850. The molecule has 7 heteroatoms. The Hall–Kier alpha value is -2.67. The van der Waals surface area contributed by atoms with Crippen molar-refractivity contribution in [2.45, 2.75) is 25.3 Å². The number of aryl methyl sites for hydroxylation is 1. The maximum absolute atomic E-state index is 12.1. The molecule has 1 atom stereocenters. The van der Waals surface area contributed by atoms with Gasteiger partial charge in [-0.1, -0.05) is 60.7 Å². The summed E-state index contributed by atoms with van der Waals surface area (Å²) in [7, 11) is -3.60. The number of carboxylic acids is 1. The maximum atomic E-state index is 12.1. The number of hydrogen-bond acceptors (Lipinski definition) is 4. The van der Waals surface area contributed by atoms with Crippen molar-refractivity contribution in [3.05, 3.63) is 71.8 Å². The second kappa shape index (κ2) is 9.87. The van der Waals surface area contributed by atoms with Gasteiger partial charge in [0.15, 0.2) is 9.84 Å². The third-order valence-electron chi connectivity index (χ3n) is 4.03. The molecule has 6 nitrogen and oxygen atoms in total. The van der Waals surface area contributed by atoms with Crippen molar-refractivity contribution in [2.24, 2.45) is 0 Å². The molecule has 0 saturated heterocycles. The van der Waals surface area contributed by atoms with Crippen LogP contribution in [0.5, 0.6) is 0 Å². The molecule has 0 aliphatic carbocycles. The normalized spacial score (nSPS) is 12.3. The highest BCUT2D eigenvalue weighted by Crippen LogP contribution is 2.06. The minimum Gasteiger partial charge on any atom is -0.480 e. The van der Waals surface area contributed by atoms with Gasteiger partial charge >= 0.3 is 5.97 Å². The molecular formula is C20H23NO5S. The Labute approximate surface area is 159 Å². The molecule has 2 rings (SSSR count). The molecule has 0 spiro atoms. The number of carbonyl (C=O) groups excluding carboxylic acids is 1. The summed E-state index contributed by atoms with van der Waals surface area (Å²) in [6.45, 7) is 0. The van der Waals surface area contributed by atoms with E-state index in [-0.39, 0.29) is 12.2 Å². The maximum Gasteiger partial charge on any atom is 0.326 e. The molecule has 0 aliphatic rings. The first-order chi connectivity index (χ1) is 12.9. The van der Waals surface area contributed by atoms with E-state index in [0.29, 0.717) is 12.8 Å². The van der Waals surface area contributed by atoms with Crippen LogP contribution < -0.4 is 5.32 Å². The van der Waals surface area contributed by atoms with E-state index in [0.717, 1.165) is 11.1 Å². The van der Waals surface area contributed by atoms with Crippen LogP contribution in [-0.2, 0) is 32.3 Å². The van der Waals surface area contributed by atoms with Crippen molar-refractivity contribution in [2.75, 3.05) is 11.5 Å². The van der Waals surface area contributed by atoms with E-state index < -0.39 is 33.5 Å². The second-order valence-electron chi connectivity index (χ2n) is 6.33. The summed E-state index contributed by atoms with van der Waals surface area (Å²) >= 11 is 0. The van der Waals surface area contributed by atoms with E-state index in [1.807, 2.05) is 30.3 Å². The Morgan fingerprint density at radius 2 is 1.48 bits per heavy atom. The Balaban J connectivity index is 1.85. The zero-order valence-electron chi connectivity index (χ0n) is 14.9. The molecular weight excluding hydrogens is 366 g/mol. The van der Waals surface area contributed by atoms with Crippen molar-refractivity contribution in [3.8, 4) is 0 Å². The van der Waals surface area contributed by atoms with Crippen LogP contribution >= 0.6 is 0 Å². The van der Waals surface area contributed by atoms with Gasteiger partial charge in [0.1, 0.15) is 11.8 Å². The predicted molar refractivity (Wildman–Crippen MR) is 103 cm³/mol. The molecule has 0 radical (unpaired) electrons. The van der Waals surface area contributed by atoms with Gasteiger partial charge in [0, 0.05) is 6.42 Å². The molecule has 0 aromatic heterocycles. The molecule has 27 heavy (non-hydrogen) atoms. The van der Waals surface area contributed by atoms with E-state index in [4.69, 9.17) is 0 Å². The number of carboxylic acid groups (broad SMARTS) is 1. The van der Waals surface area contributed by atoms with Crippen LogP contribution in [0.25, 0.3) is 0 Å². The first kappa shape index (κ1) is 20.6. The quantitative estimate of drug-likeness (QED) is 0.646. The molecule has 2 aromatic rings. The fourth-order valence-corrected chi connectivity index (χ4v) is 3.91. The molecule has 2 aromatic carbocycles. The number of nitrogens with one attached hydrogen (secondary N) is 1. The van der Waals surface area contributed by atoms with Crippen molar-refractivity contribution in [1.82, 2.24) is 5.32 Å². The minimum atomic E-state index is -3.60. The van der Waals surface area contributed by atoms with E-state index in [9.17, 15) is 23.1 Å². The van der Waals surface area contributed by atoms with Gasteiger partial charge in [-0.05, 0) is 24.0 Å². The molecule has 0 saturated carbocycles.